The fraction of sp³-hybridized carbons (Fsp3) is 0.667. The van der Waals surface area contributed by atoms with Crippen molar-refractivity contribution in [2.24, 2.45) is 5.73 Å². The molecule has 0 spiro atoms. The summed E-state index contributed by atoms with van der Waals surface area (Å²) in [5.41, 5.74) is 11.2. The van der Waals surface area contributed by atoms with Gasteiger partial charge in [0.2, 0.25) is 0 Å². The number of nitrogens with two attached hydrogens (primary N) is 1. The Bertz CT molecular complexity index is 107. The Hall–Kier alpha value is -1.42. The molecule has 0 fully saturated rings. The van der Waals surface area contributed by atoms with Gasteiger partial charge in [0.15, 0.2) is 4.91 Å². The summed E-state index contributed by atoms with van der Waals surface area (Å²) in [6.07, 6.45) is -0.711. The van der Waals surface area contributed by atoms with Gasteiger partial charge in [0.25, 0.3) is 0 Å². The number of nitroso groups, excluding NO2 is 1. The molecule has 52 valence electrons. The van der Waals surface area contributed by atoms with Crippen molar-refractivity contribution in [2.45, 2.75) is 6.92 Å². The lowest BCUT2D eigenvalue weighted by molar-refractivity contribution is 0.163. The molecule has 0 atom stereocenters. The average molecular weight is 133 g/mol. The minimum atomic E-state index is -0.711. The SMILES string of the molecule is CCOC(N)=O.[N-]=[N+]=O. The zero-order chi connectivity index (χ0) is 7.70. The van der Waals surface area contributed by atoms with E-state index in [-0.39, 0.29) is 0 Å². The van der Waals surface area contributed by atoms with Crippen LogP contribution in [0.4, 0.5) is 4.79 Å². The van der Waals surface area contributed by atoms with E-state index < -0.39 is 6.09 Å². The molecule has 6 nitrogen and oxygen atoms in total. The molecule has 0 aromatic rings. The van der Waals surface area contributed by atoms with E-state index in [1.54, 1.807) is 6.92 Å². The highest BCUT2D eigenvalue weighted by Gasteiger charge is 1.82. The van der Waals surface area contributed by atoms with E-state index in [4.69, 9.17) is 10.4 Å². The van der Waals surface area contributed by atoms with E-state index in [0.717, 1.165) is 0 Å². The highest BCUT2D eigenvalue weighted by Crippen LogP contribution is 1.66. The Morgan fingerprint density at radius 2 is 2.22 bits per heavy atom. The lowest BCUT2D eigenvalue weighted by Gasteiger charge is -1.89. The van der Waals surface area contributed by atoms with E-state index in [1.165, 1.54) is 4.97 Å². The van der Waals surface area contributed by atoms with E-state index in [0.29, 0.717) is 6.61 Å². The number of hydrogen-bond donors (Lipinski definition) is 1. The molecule has 0 aliphatic heterocycles. The lowest BCUT2D eigenvalue weighted by Crippen LogP contribution is -2.11. The zero-order valence-electron chi connectivity index (χ0n) is 4.90. The van der Waals surface area contributed by atoms with Crippen molar-refractivity contribution in [2.75, 3.05) is 6.61 Å². The van der Waals surface area contributed by atoms with Gasteiger partial charge in [-0.15, -0.1) is 0 Å². The van der Waals surface area contributed by atoms with E-state index in [1.807, 2.05) is 0 Å². The number of hydrogen-bond acceptors (Lipinski definition) is 3. The van der Waals surface area contributed by atoms with Gasteiger partial charge in [-0.25, -0.2) is 4.79 Å². The number of rotatable bonds is 1. The fourth-order valence-electron chi connectivity index (χ4n) is 0.142. The van der Waals surface area contributed by atoms with Crippen LogP contribution in [0.2, 0.25) is 0 Å². The Kier molecular flexibility index (Phi) is 11.4. The van der Waals surface area contributed by atoms with Crippen molar-refractivity contribution in [3.63, 3.8) is 0 Å². The molecule has 0 unspecified atom stereocenters. The monoisotopic (exact) mass is 133 g/mol. The second-order valence-corrected chi connectivity index (χ2v) is 0.834. The standard InChI is InChI=1S/C3H7NO2.N2O/c1-2-6-3(4)5;1-2-3/h2H2,1H3,(H2,4,5);. The summed E-state index contributed by atoms with van der Waals surface area (Å²) in [6.45, 7) is 2.06. The molecule has 0 rings (SSSR count). The van der Waals surface area contributed by atoms with Crippen molar-refractivity contribution in [3.05, 3.63) is 10.4 Å². The minimum absolute atomic E-state index is 0.356. The predicted octanol–water partition coefficient (Wildman–Crippen LogP) is -0.0568. The van der Waals surface area contributed by atoms with Gasteiger partial charge < -0.3 is 10.5 Å². The molecule has 0 radical (unpaired) electrons. The Labute approximate surface area is 51.5 Å². The predicted molar refractivity (Wildman–Crippen MR) is 30.1 cm³/mol. The molecule has 0 aromatic carbocycles. The quantitative estimate of drug-likeness (QED) is 0.400. The first kappa shape index (κ1) is 10.5. The molecule has 0 saturated carbocycles. The van der Waals surface area contributed by atoms with Crippen molar-refractivity contribution in [1.82, 2.24) is 4.97 Å². The van der Waals surface area contributed by atoms with Gasteiger partial charge in [0.05, 0.1) is 6.61 Å². The molecule has 0 aliphatic carbocycles. The first-order valence-corrected chi connectivity index (χ1v) is 2.08. The van der Waals surface area contributed by atoms with Crippen molar-refractivity contribution in [1.29, 1.82) is 0 Å². The minimum Gasteiger partial charge on any atom is -0.450 e. The molecule has 0 heterocycles. The van der Waals surface area contributed by atoms with Gasteiger partial charge in [0, 0.05) is 0 Å². The maximum absolute atomic E-state index is 9.60. The Morgan fingerprint density at radius 1 is 1.89 bits per heavy atom. The number of carbonyl (C=O) groups excluding carboxylic acids is 1. The fourth-order valence-corrected chi connectivity index (χ4v) is 0.142. The topological polar surface area (TPSA) is 106 Å². The molecule has 0 bridgehead atoms. The first-order chi connectivity index (χ1) is 4.18. The lowest BCUT2D eigenvalue weighted by atomic mass is 10.9. The van der Waals surface area contributed by atoms with E-state index in [2.05, 4.69) is 10.5 Å². The van der Waals surface area contributed by atoms with E-state index >= 15 is 0 Å². The van der Waals surface area contributed by atoms with Gasteiger partial charge >= 0.3 is 6.09 Å². The third kappa shape index (κ3) is 55.3. The number of nitrogens with zero attached hydrogens (tertiary/aromatic N) is 2. The summed E-state index contributed by atoms with van der Waals surface area (Å²) in [6, 6.07) is 0. The van der Waals surface area contributed by atoms with Crippen LogP contribution in [-0.2, 0) is 4.74 Å². The molecule has 9 heavy (non-hydrogen) atoms. The van der Waals surface area contributed by atoms with Crippen LogP contribution < -0.4 is 10.7 Å². The summed E-state index contributed by atoms with van der Waals surface area (Å²) < 4.78 is 4.18. The van der Waals surface area contributed by atoms with Gasteiger partial charge in [-0.3, -0.25) is 5.53 Å². The highest BCUT2D eigenvalue weighted by molar-refractivity contribution is 5.64. The van der Waals surface area contributed by atoms with Crippen LogP contribution in [0.1, 0.15) is 6.92 Å². The van der Waals surface area contributed by atoms with Crippen LogP contribution in [0.15, 0.2) is 0 Å². The second kappa shape index (κ2) is 9.77. The van der Waals surface area contributed by atoms with Crippen LogP contribution in [0.5, 0.6) is 0 Å². The molecule has 6 heteroatoms. The van der Waals surface area contributed by atoms with Crippen LogP contribution in [0, 0.1) is 4.91 Å². The summed E-state index contributed by atoms with van der Waals surface area (Å²) in [5, 5.41) is 0. The average Bonchev–Trinajstić information content (AvgIpc) is 1.67. The van der Waals surface area contributed by atoms with Crippen LogP contribution in [-0.4, -0.2) is 12.7 Å². The van der Waals surface area contributed by atoms with Crippen molar-refractivity contribution in [3.8, 4) is 0 Å². The normalized spacial score (nSPS) is 5.89. The Balaban J connectivity index is 0. The largest absolute Gasteiger partial charge is 0.450 e. The molecular weight excluding hydrogens is 126 g/mol. The van der Waals surface area contributed by atoms with Gasteiger partial charge in [-0.1, -0.05) is 0 Å². The van der Waals surface area contributed by atoms with Gasteiger partial charge in [-0.2, -0.15) is 0 Å². The molecule has 2 N–H and O–H groups in total. The van der Waals surface area contributed by atoms with Crippen molar-refractivity contribution < 1.29 is 9.53 Å². The number of ether oxygens (including phenoxy) is 1. The summed E-state index contributed by atoms with van der Waals surface area (Å²) >= 11 is 0. The van der Waals surface area contributed by atoms with E-state index in [9.17, 15) is 4.79 Å². The number of primary amides is 1. The summed E-state index contributed by atoms with van der Waals surface area (Å²) in [7, 11) is 0. The molecule has 0 aromatic heterocycles. The second-order valence-electron chi connectivity index (χ2n) is 0.834. The van der Waals surface area contributed by atoms with Gasteiger partial charge in [0.1, 0.15) is 4.97 Å². The zero-order valence-corrected chi connectivity index (χ0v) is 4.90. The molecular formula is C3H7N3O3. The van der Waals surface area contributed by atoms with Crippen LogP contribution in [0.3, 0.4) is 0 Å². The smallest absolute Gasteiger partial charge is 0.404 e. The summed E-state index contributed by atoms with van der Waals surface area (Å²) in [5.74, 6) is 0. The maximum Gasteiger partial charge on any atom is 0.404 e. The molecule has 0 saturated heterocycles. The van der Waals surface area contributed by atoms with Crippen LogP contribution >= 0.6 is 0 Å². The molecule has 1 amide bonds. The third-order valence-corrected chi connectivity index (χ3v) is 0.287. The summed E-state index contributed by atoms with van der Waals surface area (Å²) in [4.78, 5) is 19.0. The number of amides is 1. The van der Waals surface area contributed by atoms with Gasteiger partial charge in [-0.05, 0) is 6.92 Å². The molecule has 0 aliphatic rings. The third-order valence-electron chi connectivity index (χ3n) is 0.287. The highest BCUT2D eigenvalue weighted by atomic mass is 16.5. The van der Waals surface area contributed by atoms with Crippen LogP contribution in [0.25, 0.3) is 5.53 Å². The van der Waals surface area contributed by atoms with Crippen molar-refractivity contribution >= 4 is 6.09 Å². The number of carbonyl (C=O) groups is 1. The Morgan fingerprint density at radius 3 is 2.22 bits per heavy atom. The maximum atomic E-state index is 9.60. The first-order valence-electron chi connectivity index (χ1n) is 2.08.